The van der Waals surface area contributed by atoms with E-state index in [0.717, 1.165) is 11.3 Å². The van der Waals surface area contributed by atoms with Gasteiger partial charge < -0.3 is 15.2 Å². The van der Waals surface area contributed by atoms with Crippen LogP contribution in [0, 0.1) is 13.8 Å². The van der Waals surface area contributed by atoms with Crippen LogP contribution in [0.15, 0.2) is 28.8 Å². The Kier molecular flexibility index (Phi) is 5.76. The van der Waals surface area contributed by atoms with Crippen LogP contribution in [0.1, 0.15) is 33.8 Å². The summed E-state index contributed by atoms with van der Waals surface area (Å²) < 4.78 is 5.03. The maximum absolute atomic E-state index is 11.9. The van der Waals surface area contributed by atoms with Gasteiger partial charge in [0.05, 0.1) is 5.69 Å². The van der Waals surface area contributed by atoms with Crippen LogP contribution in [-0.2, 0) is 11.3 Å². The van der Waals surface area contributed by atoms with E-state index >= 15 is 0 Å². The van der Waals surface area contributed by atoms with Gasteiger partial charge in [-0.1, -0.05) is 16.8 Å². The molecule has 0 aliphatic rings. The summed E-state index contributed by atoms with van der Waals surface area (Å²) in [5.74, 6) is 0.306. The highest BCUT2D eigenvalue weighted by Gasteiger charge is 2.11. The minimum Gasteiger partial charge on any atom is -0.361 e. The van der Waals surface area contributed by atoms with Crippen molar-refractivity contribution in [3.63, 3.8) is 0 Å². The number of carbonyl (C=O) groups is 2. The summed E-state index contributed by atoms with van der Waals surface area (Å²) in [4.78, 5) is 23.7. The fraction of sp³-hybridized carbons (Fsp3) is 0.312. The van der Waals surface area contributed by atoms with Crippen LogP contribution in [0.2, 0.25) is 5.02 Å². The molecule has 1 aromatic carbocycles. The van der Waals surface area contributed by atoms with E-state index in [2.05, 4.69) is 15.8 Å². The van der Waals surface area contributed by atoms with E-state index in [1.807, 2.05) is 6.92 Å². The zero-order chi connectivity index (χ0) is 16.8. The first-order chi connectivity index (χ1) is 11.0. The number of benzene rings is 1. The Morgan fingerprint density at radius 2 is 1.87 bits per heavy atom. The van der Waals surface area contributed by atoms with Crippen molar-refractivity contribution in [1.29, 1.82) is 0 Å². The lowest BCUT2D eigenvalue weighted by Gasteiger charge is -2.07. The zero-order valence-corrected chi connectivity index (χ0v) is 13.7. The number of amides is 2. The van der Waals surface area contributed by atoms with Gasteiger partial charge in [0.1, 0.15) is 5.76 Å². The molecule has 0 saturated heterocycles. The molecule has 1 heterocycles. The summed E-state index contributed by atoms with van der Waals surface area (Å²) in [5.41, 5.74) is 2.15. The van der Waals surface area contributed by atoms with Crippen LogP contribution in [-0.4, -0.2) is 23.5 Å². The van der Waals surface area contributed by atoms with Crippen molar-refractivity contribution in [1.82, 2.24) is 15.8 Å². The number of hydrogen-bond acceptors (Lipinski definition) is 4. The molecule has 6 nitrogen and oxygen atoms in total. The van der Waals surface area contributed by atoms with E-state index < -0.39 is 0 Å². The number of nitrogens with zero attached hydrogens (tertiary/aromatic N) is 1. The van der Waals surface area contributed by atoms with Gasteiger partial charge in [0, 0.05) is 35.7 Å². The lowest BCUT2D eigenvalue weighted by molar-refractivity contribution is -0.121. The first-order valence-corrected chi connectivity index (χ1v) is 7.57. The molecule has 23 heavy (non-hydrogen) atoms. The highest BCUT2D eigenvalue weighted by Crippen LogP contribution is 2.11. The molecule has 0 atom stereocenters. The average Bonchev–Trinajstić information content (AvgIpc) is 2.84. The number of aromatic nitrogens is 1. The van der Waals surface area contributed by atoms with Crippen LogP contribution in [0.4, 0.5) is 0 Å². The third kappa shape index (κ3) is 4.82. The van der Waals surface area contributed by atoms with E-state index in [4.69, 9.17) is 16.1 Å². The molecule has 2 N–H and O–H groups in total. The number of hydrogen-bond donors (Lipinski definition) is 2. The molecule has 2 rings (SSSR count). The summed E-state index contributed by atoms with van der Waals surface area (Å²) in [6.07, 6.45) is 0.197. The van der Waals surface area contributed by atoms with Crippen LogP contribution < -0.4 is 10.6 Å². The Morgan fingerprint density at radius 3 is 2.48 bits per heavy atom. The molecule has 0 fully saturated rings. The Balaban J connectivity index is 1.72. The minimum atomic E-state index is -0.236. The fourth-order valence-electron chi connectivity index (χ4n) is 2.02. The van der Waals surface area contributed by atoms with Gasteiger partial charge in [-0.15, -0.1) is 0 Å². The molecule has 7 heteroatoms. The zero-order valence-electron chi connectivity index (χ0n) is 13.0. The SMILES string of the molecule is Cc1noc(C)c1CNC(=O)CCNC(=O)c1ccc(Cl)cc1. The Hall–Kier alpha value is -2.34. The molecule has 0 radical (unpaired) electrons. The predicted molar refractivity (Wildman–Crippen MR) is 86.2 cm³/mol. The first kappa shape index (κ1) is 17.0. The van der Waals surface area contributed by atoms with Crippen molar-refractivity contribution in [2.24, 2.45) is 0 Å². The van der Waals surface area contributed by atoms with Gasteiger partial charge in [0.15, 0.2) is 0 Å². The summed E-state index contributed by atoms with van der Waals surface area (Å²) >= 11 is 5.77. The van der Waals surface area contributed by atoms with Gasteiger partial charge >= 0.3 is 0 Å². The molecular formula is C16H18ClN3O3. The minimum absolute atomic E-state index is 0.151. The first-order valence-electron chi connectivity index (χ1n) is 7.19. The van der Waals surface area contributed by atoms with E-state index in [0.29, 0.717) is 22.9 Å². The number of nitrogens with one attached hydrogen (secondary N) is 2. The normalized spacial score (nSPS) is 10.4. The van der Waals surface area contributed by atoms with Crippen molar-refractivity contribution in [3.8, 4) is 0 Å². The fourth-order valence-corrected chi connectivity index (χ4v) is 2.15. The second kappa shape index (κ2) is 7.78. The molecule has 122 valence electrons. The number of aryl methyl sites for hydroxylation is 2. The predicted octanol–water partition coefficient (Wildman–Crippen LogP) is 2.38. The van der Waals surface area contributed by atoms with Crippen molar-refractivity contribution in [3.05, 3.63) is 51.9 Å². The number of rotatable bonds is 6. The second-order valence-corrected chi connectivity index (χ2v) is 5.53. The van der Waals surface area contributed by atoms with Gasteiger partial charge in [-0.3, -0.25) is 9.59 Å². The summed E-state index contributed by atoms with van der Waals surface area (Å²) in [6, 6.07) is 6.56. The summed E-state index contributed by atoms with van der Waals surface area (Å²) in [7, 11) is 0. The van der Waals surface area contributed by atoms with Crippen LogP contribution in [0.3, 0.4) is 0 Å². The largest absolute Gasteiger partial charge is 0.361 e. The maximum Gasteiger partial charge on any atom is 0.251 e. The van der Waals surface area contributed by atoms with E-state index in [1.54, 1.807) is 31.2 Å². The van der Waals surface area contributed by atoms with Crippen LogP contribution in [0.25, 0.3) is 0 Å². The van der Waals surface area contributed by atoms with E-state index in [1.165, 1.54) is 0 Å². The van der Waals surface area contributed by atoms with Crippen molar-refractivity contribution in [2.45, 2.75) is 26.8 Å². The number of carbonyl (C=O) groups excluding carboxylic acids is 2. The monoisotopic (exact) mass is 335 g/mol. The smallest absolute Gasteiger partial charge is 0.251 e. The molecule has 2 amide bonds. The molecule has 0 bridgehead atoms. The third-order valence-electron chi connectivity index (χ3n) is 3.39. The standard InChI is InChI=1S/C16H18ClN3O3/c1-10-14(11(2)23-20-10)9-19-15(21)7-8-18-16(22)12-3-5-13(17)6-4-12/h3-6H,7-9H2,1-2H3,(H,18,22)(H,19,21). The highest BCUT2D eigenvalue weighted by molar-refractivity contribution is 6.30. The molecule has 0 aliphatic heterocycles. The Morgan fingerprint density at radius 1 is 1.17 bits per heavy atom. The average molecular weight is 336 g/mol. The van der Waals surface area contributed by atoms with Crippen molar-refractivity contribution >= 4 is 23.4 Å². The quantitative estimate of drug-likeness (QED) is 0.849. The van der Waals surface area contributed by atoms with Gasteiger partial charge in [-0.2, -0.15) is 0 Å². The lowest BCUT2D eigenvalue weighted by atomic mass is 10.2. The molecule has 0 spiro atoms. The van der Waals surface area contributed by atoms with Crippen molar-refractivity contribution < 1.29 is 14.1 Å². The third-order valence-corrected chi connectivity index (χ3v) is 3.64. The van der Waals surface area contributed by atoms with Crippen molar-refractivity contribution in [2.75, 3.05) is 6.54 Å². The molecule has 0 saturated carbocycles. The Bertz CT molecular complexity index is 676. The van der Waals surface area contributed by atoms with Gasteiger partial charge in [0.2, 0.25) is 5.91 Å². The van der Waals surface area contributed by atoms with Gasteiger partial charge in [0.25, 0.3) is 5.91 Å². The summed E-state index contributed by atoms with van der Waals surface area (Å²) in [6.45, 7) is 4.25. The molecule has 0 unspecified atom stereocenters. The molecular weight excluding hydrogens is 318 g/mol. The molecule has 2 aromatic rings. The van der Waals surface area contributed by atoms with Crippen LogP contribution >= 0.6 is 11.6 Å². The summed E-state index contributed by atoms with van der Waals surface area (Å²) in [5, 5.41) is 9.87. The van der Waals surface area contributed by atoms with Gasteiger partial charge in [-0.05, 0) is 38.1 Å². The Labute approximate surface area is 139 Å². The van der Waals surface area contributed by atoms with E-state index in [9.17, 15) is 9.59 Å². The maximum atomic E-state index is 11.9. The van der Waals surface area contributed by atoms with Crippen LogP contribution in [0.5, 0.6) is 0 Å². The molecule has 0 aliphatic carbocycles. The van der Waals surface area contributed by atoms with E-state index in [-0.39, 0.29) is 24.8 Å². The second-order valence-electron chi connectivity index (χ2n) is 5.09. The lowest BCUT2D eigenvalue weighted by Crippen LogP contribution is -2.30. The molecule has 1 aromatic heterocycles. The number of halogens is 1. The topological polar surface area (TPSA) is 84.2 Å². The highest BCUT2D eigenvalue weighted by atomic mass is 35.5. The van der Waals surface area contributed by atoms with Gasteiger partial charge in [-0.25, -0.2) is 0 Å².